The first kappa shape index (κ1) is 12.9. The summed E-state index contributed by atoms with van der Waals surface area (Å²) in [5.41, 5.74) is 0. The van der Waals surface area contributed by atoms with E-state index in [0.717, 1.165) is 19.8 Å². The summed E-state index contributed by atoms with van der Waals surface area (Å²) >= 11 is 0. The lowest BCUT2D eigenvalue weighted by molar-refractivity contribution is 0.122. The van der Waals surface area contributed by atoms with E-state index in [1.54, 1.807) is 0 Å². The average Bonchev–Trinajstić information content (AvgIpc) is 1.98. The van der Waals surface area contributed by atoms with Crippen molar-refractivity contribution in [2.45, 2.75) is 32.9 Å². The summed E-state index contributed by atoms with van der Waals surface area (Å²) in [5.74, 6) is 0. The Hall–Kier alpha value is -0.120. The third-order valence-electron chi connectivity index (χ3n) is 1.78. The van der Waals surface area contributed by atoms with Crippen molar-refractivity contribution < 1.29 is 4.74 Å². The van der Waals surface area contributed by atoms with Crippen LogP contribution in [0.2, 0.25) is 0 Å². The second-order valence-corrected chi connectivity index (χ2v) is 3.89. The van der Waals surface area contributed by atoms with E-state index >= 15 is 0 Å². The highest BCUT2D eigenvalue weighted by Crippen LogP contribution is 1.90. The zero-order chi connectivity index (χ0) is 10.3. The van der Waals surface area contributed by atoms with E-state index in [4.69, 9.17) is 4.74 Å². The van der Waals surface area contributed by atoms with Crippen LogP contribution in [0, 0.1) is 0 Å². The van der Waals surface area contributed by atoms with Gasteiger partial charge in [-0.05, 0) is 34.9 Å². The highest BCUT2D eigenvalue weighted by molar-refractivity contribution is 4.68. The van der Waals surface area contributed by atoms with Crippen molar-refractivity contribution in [1.29, 1.82) is 0 Å². The van der Waals surface area contributed by atoms with Gasteiger partial charge in [0.15, 0.2) is 0 Å². The van der Waals surface area contributed by atoms with E-state index < -0.39 is 0 Å². The van der Waals surface area contributed by atoms with E-state index in [0.29, 0.717) is 12.1 Å². The molecule has 2 atom stereocenters. The SMILES string of the molecule is CCOCC(C)NC(C)CN(C)C. The number of nitrogens with zero attached hydrogens (tertiary/aromatic N) is 1. The third kappa shape index (κ3) is 8.22. The number of nitrogens with one attached hydrogen (secondary N) is 1. The fourth-order valence-corrected chi connectivity index (χ4v) is 1.43. The lowest BCUT2D eigenvalue weighted by Crippen LogP contribution is -2.42. The van der Waals surface area contributed by atoms with Gasteiger partial charge in [-0.25, -0.2) is 0 Å². The lowest BCUT2D eigenvalue weighted by atomic mass is 10.2. The Balaban J connectivity index is 3.46. The maximum absolute atomic E-state index is 5.33. The number of likely N-dealkylation sites (N-methyl/N-ethyl adjacent to an activating group) is 1. The van der Waals surface area contributed by atoms with E-state index in [9.17, 15) is 0 Å². The molecule has 13 heavy (non-hydrogen) atoms. The van der Waals surface area contributed by atoms with Crippen LogP contribution in [-0.2, 0) is 4.74 Å². The molecule has 0 fully saturated rings. The summed E-state index contributed by atoms with van der Waals surface area (Å²) in [6.07, 6.45) is 0. The van der Waals surface area contributed by atoms with Crippen LogP contribution in [0.15, 0.2) is 0 Å². The molecule has 0 heterocycles. The topological polar surface area (TPSA) is 24.5 Å². The molecule has 0 saturated heterocycles. The lowest BCUT2D eigenvalue weighted by Gasteiger charge is -2.22. The van der Waals surface area contributed by atoms with Gasteiger partial charge in [-0.2, -0.15) is 0 Å². The predicted molar refractivity (Wildman–Crippen MR) is 57.1 cm³/mol. The second kappa shape index (κ2) is 7.30. The summed E-state index contributed by atoms with van der Waals surface area (Å²) in [6.45, 7) is 9.04. The van der Waals surface area contributed by atoms with Gasteiger partial charge in [0.1, 0.15) is 0 Å². The van der Waals surface area contributed by atoms with Crippen molar-refractivity contribution in [3.8, 4) is 0 Å². The van der Waals surface area contributed by atoms with Crippen molar-refractivity contribution in [2.24, 2.45) is 0 Å². The van der Waals surface area contributed by atoms with Gasteiger partial charge >= 0.3 is 0 Å². The van der Waals surface area contributed by atoms with E-state index in [1.807, 2.05) is 6.92 Å². The minimum absolute atomic E-state index is 0.440. The van der Waals surface area contributed by atoms with Crippen LogP contribution in [0.5, 0.6) is 0 Å². The molecule has 0 aromatic carbocycles. The molecule has 0 aromatic rings. The van der Waals surface area contributed by atoms with Crippen molar-refractivity contribution >= 4 is 0 Å². The van der Waals surface area contributed by atoms with Crippen LogP contribution >= 0.6 is 0 Å². The van der Waals surface area contributed by atoms with Gasteiger partial charge in [0, 0.05) is 25.2 Å². The zero-order valence-corrected chi connectivity index (χ0v) is 9.63. The number of hydrogen-bond acceptors (Lipinski definition) is 3. The van der Waals surface area contributed by atoms with Crippen LogP contribution < -0.4 is 5.32 Å². The van der Waals surface area contributed by atoms with Gasteiger partial charge in [0.25, 0.3) is 0 Å². The molecule has 0 aliphatic rings. The molecule has 0 radical (unpaired) electrons. The molecule has 2 unspecified atom stereocenters. The van der Waals surface area contributed by atoms with Crippen molar-refractivity contribution in [2.75, 3.05) is 33.9 Å². The Morgan fingerprint density at radius 3 is 2.31 bits per heavy atom. The summed E-state index contributed by atoms with van der Waals surface area (Å²) in [7, 11) is 4.18. The molecule has 0 aliphatic heterocycles. The molecule has 0 bridgehead atoms. The van der Waals surface area contributed by atoms with Gasteiger partial charge in [-0.3, -0.25) is 0 Å². The van der Waals surface area contributed by atoms with Crippen LogP contribution in [0.3, 0.4) is 0 Å². The van der Waals surface area contributed by atoms with E-state index in [1.165, 1.54) is 0 Å². The minimum atomic E-state index is 0.440. The quantitative estimate of drug-likeness (QED) is 0.644. The Morgan fingerprint density at radius 1 is 1.23 bits per heavy atom. The molecule has 1 N–H and O–H groups in total. The molecule has 0 saturated carbocycles. The maximum atomic E-state index is 5.33. The van der Waals surface area contributed by atoms with Crippen molar-refractivity contribution in [3.05, 3.63) is 0 Å². The van der Waals surface area contributed by atoms with E-state index in [-0.39, 0.29) is 0 Å². The van der Waals surface area contributed by atoms with Gasteiger partial charge < -0.3 is 15.0 Å². The summed E-state index contributed by atoms with van der Waals surface area (Å²) in [4.78, 5) is 2.19. The molecular weight excluding hydrogens is 164 g/mol. The highest BCUT2D eigenvalue weighted by atomic mass is 16.5. The van der Waals surface area contributed by atoms with Gasteiger partial charge in [0.05, 0.1) is 6.61 Å². The summed E-state index contributed by atoms with van der Waals surface area (Å²) in [5, 5.41) is 3.48. The molecule has 0 amide bonds. The largest absolute Gasteiger partial charge is 0.380 e. The highest BCUT2D eigenvalue weighted by Gasteiger charge is 2.07. The second-order valence-electron chi connectivity index (χ2n) is 3.89. The van der Waals surface area contributed by atoms with Crippen LogP contribution in [-0.4, -0.2) is 50.8 Å². The number of rotatable bonds is 7. The summed E-state index contributed by atoms with van der Waals surface area (Å²) < 4.78 is 5.33. The molecule has 0 spiro atoms. The predicted octanol–water partition coefficient (Wildman–Crippen LogP) is 0.951. The van der Waals surface area contributed by atoms with E-state index in [2.05, 4.69) is 38.2 Å². The number of hydrogen-bond donors (Lipinski definition) is 1. The standard InChI is InChI=1S/C10H24N2O/c1-6-13-8-10(3)11-9(2)7-12(4)5/h9-11H,6-8H2,1-5H3. The molecule has 0 rings (SSSR count). The Bertz CT molecular complexity index is 117. The van der Waals surface area contributed by atoms with Crippen LogP contribution in [0.1, 0.15) is 20.8 Å². The van der Waals surface area contributed by atoms with Crippen molar-refractivity contribution in [1.82, 2.24) is 10.2 Å². The molecule has 0 aliphatic carbocycles. The van der Waals surface area contributed by atoms with Crippen molar-refractivity contribution in [3.63, 3.8) is 0 Å². The van der Waals surface area contributed by atoms with Gasteiger partial charge in [-0.15, -0.1) is 0 Å². The molecule has 3 nitrogen and oxygen atoms in total. The first-order valence-corrected chi connectivity index (χ1v) is 5.04. The monoisotopic (exact) mass is 188 g/mol. The van der Waals surface area contributed by atoms with Crippen LogP contribution in [0.25, 0.3) is 0 Å². The summed E-state index contributed by atoms with van der Waals surface area (Å²) in [6, 6.07) is 0.959. The Kier molecular flexibility index (Phi) is 7.23. The average molecular weight is 188 g/mol. The molecule has 3 heteroatoms. The fourth-order valence-electron chi connectivity index (χ4n) is 1.43. The molecular formula is C10H24N2O. The molecule has 0 aromatic heterocycles. The minimum Gasteiger partial charge on any atom is -0.380 e. The normalized spacial score (nSPS) is 16.2. The smallest absolute Gasteiger partial charge is 0.0616 e. The Morgan fingerprint density at radius 2 is 1.85 bits per heavy atom. The number of ether oxygens (including phenoxy) is 1. The molecule has 80 valence electrons. The zero-order valence-electron chi connectivity index (χ0n) is 9.63. The first-order chi connectivity index (χ1) is 6.06. The Labute approximate surface area is 82.4 Å². The van der Waals surface area contributed by atoms with Gasteiger partial charge in [-0.1, -0.05) is 0 Å². The maximum Gasteiger partial charge on any atom is 0.0616 e. The van der Waals surface area contributed by atoms with Crippen LogP contribution in [0.4, 0.5) is 0 Å². The first-order valence-electron chi connectivity index (χ1n) is 5.04. The van der Waals surface area contributed by atoms with Gasteiger partial charge in [0.2, 0.25) is 0 Å². The third-order valence-corrected chi connectivity index (χ3v) is 1.78. The fraction of sp³-hybridized carbons (Fsp3) is 1.00.